The lowest BCUT2D eigenvalue weighted by molar-refractivity contribution is 0.00578. The van der Waals surface area contributed by atoms with E-state index in [1.165, 1.54) is 0 Å². The quantitative estimate of drug-likeness (QED) is 0.621. The summed E-state index contributed by atoms with van der Waals surface area (Å²) in [6.07, 6.45) is 0.402. The average molecular weight is 264 g/mol. The van der Waals surface area contributed by atoms with Crippen molar-refractivity contribution in [2.24, 2.45) is 0 Å². The first-order valence-corrected chi connectivity index (χ1v) is 6.67. The molecule has 0 amide bonds. The lowest BCUT2D eigenvalue weighted by Gasteiger charge is -2.32. The summed E-state index contributed by atoms with van der Waals surface area (Å²) in [6.45, 7) is 11.6. The number of Topliss-reactive ketones (excluding diaryl/α,β-unsaturated/α-hetero) is 1. The van der Waals surface area contributed by atoms with Gasteiger partial charge in [0.1, 0.15) is 5.76 Å². The van der Waals surface area contributed by atoms with E-state index in [4.69, 9.17) is 13.7 Å². The molecule has 4 nitrogen and oxygen atoms in total. The zero-order chi connectivity index (χ0) is 14.4. The molecule has 1 aromatic rings. The SMILES string of the molecule is CCC(=O)c1oc(C)cc1B1OC(C)(C)C(C)(C)O1. The Morgan fingerprint density at radius 1 is 1.21 bits per heavy atom. The summed E-state index contributed by atoms with van der Waals surface area (Å²) < 4.78 is 17.4. The molecule has 1 saturated heterocycles. The van der Waals surface area contributed by atoms with Gasteiger partial charge < -0.3 is 13.7 Å². The van der Waals surface area contributed by atoms with Gasteiger partial charge in [-0.3, -0.25) is 4.79 Å². The molecular weight excluding hydrogens is 243 g/mol. The van der Waals surface area contributed by atoms with Crippen LogP contribution in [0.1, 0.15) is 57.4 Å². The molecule has 0 N–H and O–H groups in total. The average Bonchev–Trinajstić information content (AvgIpc) is 2.77. The third-order valence-electron chi connectivity index (χ3n) is 3.97. The molecule has 0 spiro atoms. The van der Waals surface area contributed by atoms with Gasteiger partial charge in [0.25, 0.3) is 0 Å². The molecule has 0 aromatic carbocycles. The summed E-state index contributed by atoms with van der Waals surface area (Å²) in [5.74, 6) is 1.03. The van der Waals surface area contributed by atoms with Gasteiger partial charge in [0, 0.05) is 11.9 Å². The standard InChI is InChI=1S/C14H21BO4/c1-7-11(16)12-10(8-9(2)17-12)15-18-13(3,4)14(5,6)19-15/h8H,7H2,1-6H3. The van der Waals surface area contributed by atoms with E-state index in [-0.39, 0.29) is 5.78 Å². The van der Waals surface area contributed by atoms with Crippen LogP contribution in [0.25, 0.3) is 0 Å². The fraction of sp³-hybridized carbons (Fsp3) is 0.643. The minimum Gasteiger partial charge on any atom is -0.459 e. The van der Waals surface area contributed by atoms with Crippen molar-refractivity contribution < 1.29 is 18.5 Å². The minimum absolute atomic E-state index is 0.0298. The lowest BCUT2D eigenvalue weighted by Crippen LogP contribution is -2.41. The molecule has 104 valence electrons. The highest BCUT2D eigenvalue weighted by atomic mass is 16.7. The summed E-state index contributed by atoms with van der Waals surface area (Å²) in [6, 6.07) is 1.82. The van der Waals surface area contributed by atoms with Crippen LogP contribution < -0.4 is 5.46 Å². The minimum atomic E-state index is -0.548. The van der Waals surface area contributed by atoms with E-state index in [2.05, 4.69) is 0 Å². The molecule has 1 fully saturated rings. The van der Waals surface area contributed by atoms with E-state index in [0.29, 0.717) is 23.4 Å². The molecule has 1 aromatic heterocycles. The molecular formula is C14H21BO4. The number of hydrogen-bond donors (Lipinski definition) is 0. The molecule has 5 heteroatoms. The van der Waals surface area contributed by atoms with Crippen molar-refractivity contribution in [3.05, 3.63) is 17.6 Å². The van der Waals surface area contributed by atoms with Crippen LogP contribution >= 0.6 is 0 Å². The third kappa shape index (κ3) is 2.37. The van der Waals surface area contributed by atoms with Crippen LogP contribution in [0, 0.1) is 6.92 Å². The Balaban J connectivity index is 2.37. The van der Waals surface area contributed by atoms with E-state index >= 15 is 0 Å². The van der Waals surface area contributed by atoms with Crippen molar-refractivity contribution in [3.63, 3.8) is 0 Å². The van der Waals surface area contributed by atoms with E-state index in [1.807, 2.05) is 47.6 Å². The lowest BCUT2D eigenvalue weighted by atomic mass is 9.78. The van der Waals surface area contributed by atoms with Gasteiger partial charge in [-0.1, -0.05) is 6.92 Å². The second-order valence-corrected chi connectivity index (χ2v) is 6.01. The predicted octanol–water partition coefficient (Wildman–Crippen LogP) is 2.48. The van der Waals surface area contributed by atoms with Gasteiger partial charge in [-0.15, -0.1) is 0 Å². The molecule has 0 radical (unpaired) electrons. The maximum Gasteiger partial charge on any atom is 0.498 e. The number of aryl methyl sites for hydroxylation is 1. The molecule has 19 heavy (non-hydrogen) atoms. The van der Waals surface area contributed by atoms with Crippen LogP contribution in [0.4, 0.5) is 0 Å². The Morgan fingerprint density at radius 2 is 1.74 bits per heavy atom. The van der Waals surface area contributed by atoms with Crippen LogP contribution in [0.2, 0.25) is 0 Å². The molecule has 0 atom stereocenters. The molecule has 0 unspecified atom stereocenters. The summed E-state index contributed by atoms with van der Waals surface area (Å²) in [5.41, 5.74) is -0.145. The Labute approximate surface area is 114 Å². The highest BCUT2D eigenvalue weighted by molar-refractivity contribution is 6.63. The summed E-state index contributed by atoms with van der Waals surface area (Å²) in [4.78, 5) is 11.9. The summed E-state index contributed by atoms with van der Waals surface area (Å²) in [5, 5.41) is 0. The second-order valence-electron chi connectivity index (χ2n) is 6.01. The predicted molar refractivity (Wildman–Crippen MR) is 73.8 cm³/mol. The van der Waals surface area contributed by atoms with Crippen molar-refractivity contribution in [3.8, 4) is 0 Å². The van der Waals surface area contributed by atoms with Crippen molar-refractivity contribution in [1.29, 1.82) is 0 Å². The Bertz CT molecular complexity index is 486. The van der Waals surface area contributed by atoms with E-state index in [1.54, 1.807) is 0 Å². The van der Waals surface area contributed by atoms with Crippen LogP contribution in [-0.4, -0.2) is 24.1 Å². The number of carbonyl (C=O) groups is 1. The van der Waals surface area contributed by atoms with Crippen LogP contribution in [0.5, 0.6) is 0 Å². The number of hydrogen-bond acceptors (Lipinski definition) is 4. The van der Waals surface area contributed by atoms with Crippen LogP contribution in [-0.2, 0) is 9.31 Å². The highest BCUT2D eigenvalue weighted by Gasteiger charge is 2.53. The van der Waals surface area contributed by atoms with Crippen molar-refractivity contribution in [1.82, 2.24) is 0 Å². The van der Waals surface area contributed by atoms with Gasteiger partial charge in [0.15, 0.2) is 11.5 Å². The van der Waals surface area contributed by atoms with Crippen molar-refractivity contribution >= 4 is 18.4 Å². The Kier molecular flexibility index (Phi) is 3.39. The largest absolute Gasteiger partial charge is 0.498 e. The first-order valence-electron chi connectivity index (χ1n) is 6.67. The second kappa shape index (κ2) is 4.49. The number of furan rings is 1. The topological polar surface area (TPSA) is 48.7 Å². The highest BCUT2D eigenvalue weighted by Crippen LogP contribution is 2.36. The fourth-order valence-corrected chi connectivity index (χ4v) is 2.06. The van der Waals surface area contributed by atoms with Gasteiger partial charge in [0.2, 0.25) is 0 Å². The molecule has 2 rings (SSSR count). The summed E-state index contributed by atoms with van der Waals surface area (Å²) >= 11 is 0. The summed E-state index contributed by atoms with van der Waals surface area (Å²) in [7, 11) is -0.548. The monoisotopic (exact) mass is 264 g/mol. The third-order valence-corrected chi connectivity index (χ3v) is 3.97. The maximum absolute atomic E-state index is 11.9. The Hall–Kier alpha value is -1.07. The molecule has 1 aliphatic rings. The smallest absolute Gasteiger partial charge is 0.459 e. The first kappa shape index (κ1) is 14.3. The van der Waals surface area contributed by atoms with Crippen LogP contribution in [0.3, 0.4) is 0 Å². The molecule has 1 aliphatic heterocycles. The molecule has 0 aliphatic carbocycles. The van der Waals surface area contributed by atoms with E-state index in [9.17, 15) is 4.79 Å². The van der Waals surface area contributed by atoms with Crippen LogP contribution in [0.15, 0.2) is 10.5 Å². The Morgan fingerprint density at radius 3 is 2.21 bits per heavy atom. The van der Waals surface area contributed by atoms with E-state index in [0.717, 1.165) is 0 Å². The van der Waals surface area contributed by atoms with Crippen molar-refractivity contribution in [2.45, 2.75) is 59.2 Å². The zero-order valence-electron chi connectivity index (χ0n) is 12.5. The van der Waals surface area contributed by atoms with Gasteiger partial charge >= 0.3 is 7.12 Å². The molecule has 0 saturated carbocycles. The number of ketones is 1. The van der Waals surface area contributed by atoms with Gasteiger partial charge in [-0.25, -0.2) is 0 Å². The van der Waals surface area contributed by atoms with Gasteiger partial charge in [-0.2, -0.15) is 0 Å². The normalized spacial score (nSPS) is 20.8. The number of carbonyl (C=O) groups excluding carboxylic acids is 1. The van der Waals surface area contributed by atoms with Gasteiger partial charge in [-0.05, 0) is 40.7 Å². The van der Waals surface area contributed by atoms with E-state index < -0.39 is 18.3 Å². The van der Waals surface area contributed by atoms with Gasteiger partial charge in [0.05, 0.1) is 11.2 Å². The number of rotatable bonds is 3. The molecule has 0 bridgehead atoms. The fourth-order valence-electron chi connectivity index (χ4n) is 2.06. The zero-order valence-corrected chi connectivity index (χ0v) is 12.5. The molecule has 2 heterocycles. The maximum atomic E-state index is 11.9. The van der Waals surface area contributed by atoms with Crippen molar-refractivity contribution in [2.75, 3.05) is 0 Å². The first-order chi connectivity index (χ1) is 8.68.